The van der Waals surface area contributed by atoms with Crippen LogP contribution in [0.1, 0.15) is 24.9 Å². The van der Waals surface area contributed by atoms with E-state index in [0.29, 0.717) is 24.6 Å². The zero-order chi connectivity index (χ0) is 18.4. The average molecular weight is 389 g/mol. The first-order valence-electron chi connectivity index (χ1n) is 8.30. The van der Waals surface area contributed by atoms with Gasteiger partial charge in [0.15, 0.2) is 9.84 Å². The number of sulfone groups is 1. The van der Waals surface area contributed by atoms with Gasteiger partial charge in [-0.15, -0.1) is 0 Å². The first-order valence-corrected chi connectivity index (χ1v) is 10.5. The van der Waals surface area contributed by atoms with Crippen LogP contribution >= 0.6 is 11.6 Å². The molecule has 140 valence electrons. The van der Waals surface area contributed by atoms with Crippen molar-refractivity contribution in [1.29, 1.82) is 0 Å². The molecule has 0 saturated carbocycles. The number of hydrogen-bond acceptors (Lipinski definition) is 5. The Morgan fingerprint density at radius 3 is 2.76 bits per heavy atom. The van der Waals surface area contributed by atoms with Gasteiger partial charge in [0.25, 0.3) is 0 Å². The summed E-state index contributed by atoms with van der Waals surface area (Å²) in [5.41, 5.74) is 0.920. The summed E-state index contributed by atoms with van der Waals surface area (Å²) in [6.45, 7) is 2.82. The Kier molecular flexibility index (Phi) is 7.25. The molecule has 1 N–H and O–H groups in total. The number of ether oxygens (including phenoxy) is 1. The van der Waals surface area contributed by atoms with E-state index in [1.807, 2.05) is 31.2 Å². The number of carbonyl (C=O) groups is 1. The maximum atomic E-state index is 12.6. The molecule has 25 heavy (non-hydrogen) atoms. The summed E-state index contributed by atoms with van der Waals surface area (Å²) in [6.07, 6.45) is 0.484. The third-order valence-electron chi connectivity index (χ3n) is 4.44. The van der Waals surface area contributed by atoms with Crippen molar-refractivity contribution in [2.45, 2.75) is 25.4 Å². The van der Waals surface area contributed by atoms with Gasteiger partial charge in [0.1, 0.15) is 0 Å². The van der Waals surface area contributed by atoms with Crippen LogP contribution in [-0.4, -0.2) is 63.6 Å². The van der Waals surface area contributed by atoms with Gasteiger partial charge >= 0.3 is 0 Å². The van der Waals surface area contributed by atoms with E-state index >= 15 is 0 Å². The summed E-state index contributed by atoms with van der Waals surface area (Å²) in [5.74, 6) is 0.0403. The predicted octanol–water partition coefficient (Wildman–Crippen LogP) is 1.65. The summed E-state index contributed by atoms with van der Waals surface area (Å²) in [7, 11) is -1.49. The van der Waals surface area contributed by atoms with E-state index in [2.05, 4.69) is 5.32 Å². The van der Waals surface area contributed by atoms with Gasteiger partial charge in [0.2, 0.25) is 5.91 Å². The molecule has 1 heterocycles. The smallest absolute Gasteiger partial charge is 0.236 e. The molecule has 2 unspecified atom stereocenters. The number of amides is 1. The van der Waals surface area contributed by atoms with Gasteiger partial charge in [-0.3, -0.25) is 4.79 Å². The normalized spacial score (nSPS) is 20.4. The number of nitrogens with zero attached hydrogens (tertiary/aromatic N) is 1. The van der Waals surface area contributed by atoms with Crippen LogP contribution in [0, 0.1) is 0 Å². The number of halogens is 1. The molecule has 1 saturated heterocycles. The van der Waals surface area contributed by atoms with E-state index in [1.165, 1.54) is 0 Å². The van der Waals surface area contributed by atoms with Gasteiger partial charge in [-0.05, 0) is 25.0 Å². The lowest BCUT2D eigenvalue weighted by molar-refractivity contribution is -0.132. The van der Waals surface area contributed by atoms with Crippen LogP contribution in [0.4, 0.5) is 0 Å². The minimum absolute atomic E-state index is 0.0303. The number of methoxy groups -OCH3 is 1. The van der Waals surface area contributed by atoms with E-state index in [1.54, 1.807) is 12.0 Å². The molecule has 2 rings (SSSR count). The standard InChI is InChI=1S/C17H25ClN2O4S/c1-13(15-5-3-4-6-16(15)18)19-11-17(21)20(8-9-24-2)14-7-10-25(22,23)12-14/h3-6,13-14,19H,7-12H2,1-2H3. The Morgan fingerprint density at radius 2 is 2.16 bits per heavy atom. The molecule has 1 aromatic rings. The van der Waals surface area contributed by atoms with E-state index in [0.717, 1.165) is 5.56 Å². The van der Waals surface area contributed by atoms with Gasteiger partial charge < -0.3 is 15.0 Å². The number of rotatable bonds is 8. The average Bonchev–Trinajstić information content (AvgIpc) is 2.93. The molecule has 2 atom stereocenters. The van der Waals surface area contributed by atoms with Crippen LogP contribution in [0.25, 0.3) is 0 Å². The third kappa shape index (κ3) is 5.67. The number of carbonyl (C=O) groups excluding carboxylic acids is 1. The fraction of sp³-hybridized carbons (Fsp3) is 0.588. The summed E-state index contributed by atoms with van der Waals surface area (Å²) in [6, 6.07) is 7.12. The van der Waals surface area contributed by atoms with Crippen LogP contribution in [0.3, 0.4) is 0 Å². The summed E-state index contributed by atoms with van der Waals surface area (Å²) >= 11 is 6.18. The largest absolute Gasteiger partial charge is 0.383 e. The molecular formula is C17H25ClN2O4S. The Hall–Kier alpha value is -1.15. The van der Waals surface area contributed by atoms with Crippen molar-refractivity contribution >= 4 is 27.3 Å². The highest BCUT2D eigenvalue weighted by Gasteiger charge is 2.34. The minimum atomic E-state index is -3.05. The second-order valence-corrected chi connectivity index (χ2v) is 8.90. The maximum Gasteiger partial charge on any atom is 0.236 e. The highest BCUT2D eigenvalue weighted by atomic mass is 35.5. The highest BCUT2D eigenvalue weighted by Crippen LogP contribution is 2.22. The quantitative estimate of drug-likeness (QED) is 0.732. The molecule has 0 aliphatic carbocycles. The molecular weight excluding hydrogens is 364 g/mol. The second-order valence-electron chi connectivity index (χ2n) is 6.26. The van der Waals surface area contributed by atoms with Crippen molar-refractivity contribution in [2.75, 3.05) is 38.3 Å². The predicted molar refractivity (Wildman–Crippen MR) is 98.5 cm³/mol. The van der Waals surface area contributed by atoms with Crippen LogP contribution in [-0.2, 0) is 19.4 Å². The Labute approximate surface area is 154 Å². The maximum absolute atomic E-state index is 12.6. The molecule has 1 aromatic carbocycles. The monoisotopic (exact) mass is 388 g/mol. The molecule has 0 aromatic heterocycles. The lowest BCUT2D eigenvalue weighted by Crippen LogP contribution is -2.47. The van der Waals surface area contributed by atoms with Crippen LogP contribution < -0.4 is 5.32 Å². The lowest BCUT2D eigenvalue weighted by Gasteiger charge is -2.29. The molecule has 1 amide bonds. The fourth-order valence-corrected chi connectivity index (χ4v) is 5.03. The van der Waals surface area contributed by atoms with Gasteiger partial charge in [-0.25, -0.2) is 8.42 Å². The van der Waals surface area contributed by atoms with Crippen molar-refractivity contribution in [3.8, 4) is 0 Å². The SMILES string of the molecule is COCCN(C(=O)CNC(C)c1ccccc1Cl)C1CCS(=O)(=O)C1. The Bertz CT molecular complexity index is 696. The van der Waals surface area contributed by atoms with Crippen LogP contribution in [0.2, 0.25) is 5.02 Å². The van der Waals surface area contributed by atoms with Gasteiger partial charge in [0, 0.05) is 30.8 Å². The van der Waals surface area contributed by atoms with Crippen molar-refractivity contribution in [1.82, 2.24) is 10.2 Å². The summed E-state index contributed by atoms with van der Waals surface area (Å²) in [5, 5.41) is 3.82. The molecule has 1 fully saturated rings. The number of nitrogens with one attached hydrogen (secondary N) is 1. The summed E-state index contributed by atoms with van der Waals surface area (Å²) in [4.78, 5) is 14.3. The molecule has 8 heteroatoms. The van der Waals surface area contributed by atoms with Gasteiger partial charge in [0.05, 0.1) is 24.7 Å². The Balaban J connectivity index is 1.98. The zero-order valence-electron chi connectivity index (χ0n) is 14.6. The van der Waals surface area contributed by atoms with Crippen molar-refractivity contribution in [2.24, 2.45) is 0 Å². The molecule has 1 aliphatic rings. The number of benzene rings is 1. The topological polar surface area (TPSA) is 75.7 Å². The van der Waals surface area contributed by atoms with E-state index in [4.69, 9.17) is 16.3 Å². The highest BCUT2D eigenvalue weighted by molar-refractivity contribution is 7.91. The van der Waals surface area contributed by atoms with Crippen LogP contribution in [0.15, 0.2) is 24.3 Å². The van der Waals surface area contributed by atoms with E-state index in [9.17, 15) is 13.2 Å². The molecule has 0 bridgehead atoms. The van der Waals surface area contributed by atoms with E-state index < -0.39 is 9.84 Å². The lowest BCUT2D eigenvalue weighted by atomic mass is 10.1. The Morgan fingerprint density at radius 1 is 1.44 bits per heavy atom. The number of hydrogen-bond donors (Lipinski definition) is 1. The summed E-state index contributed by atoms with van der Waals surface area (Å²) < 4.78 is 28.5. The first-order chi connectivity index (χ1) is 11.8. The first kappa shape index (κ1) is 20.2. The second kappa shape index (κ2) is 8.98. The van der Waals surface area contributed by atoms with Crippen LogP contribution in [0.5, 0.6) is 0 Å². The molecule has 0 radical (unpaired) electrons. The van der Waals surface area contributed by atoms with Crippen molar-refractivity contribution in [3.05, 3.63) is 34.9 Å². The van der Waals surface area contributed by atoms with Crippen molar-refractivity contribution in [3.63, 3.8) is 0 Å². The fourth-order valence-electron chi connectivity index (χ4n) is 3.00. The minimum Gasteiger partial charge on any atom is -0.383 e. The molecule has 1 aliphatic heterocycles. The molecule has 0 spiro atoms. The van der Waals surface area contributed by atoms with E-state index in [-0.39, 0.29) is 36.0 Å². The zero-order valence-corrected chi connectivity index (χ0v) is 16.1. The molecule has 6 nitrogen and oxygen atoms in total. The van der Waals surface area contributed by atoms with Gasteiger partial charge in [-0.2, -0.15) is 0 Å². The van der Waals surface area contributed by atoms with Crippen molar-refractivity contribution < 1.29 is 17.9 Å². The van der Waals surface area contributed by atoms with Gasteiger partial charge in [-0.1, -0.05) is 29.8 Å². The third-order valence-corrected chi connectivity index (χ3v) is 6.53.